The zero-order chi connectivity index (χ0) is 21.8. The summed E-state index contributed by atoms with van der Waals surface area (Å²) in [6.45, 7) is 4.83. The Morgan fingerprint density at radius 3 is 2.68 bits per heavy atom. The number of guanidine groups is 1. The van der Waals surface area contributed by atoms with Gasteiger partial charge in [-0.3, -0.25) is 9.89 Å². The first kappa shape index (κ1) is 21.6. The van der Waals surface area contributed by atoms with Crippen molar-refractivity contribution < 1.29 is 9.13 Å². The molecule has 0 aromatic heterocycles. The van der Waals surface area contributed by atoms with Gasteiger partial charge in [-0.1, -0.05) is 36.4 Å². The van der Waals surface area contributed by atoms with Crippen LogP contribution in [-0.2, 0) is 17.8 Å². The van der Waals surface area contributed by atoms with Gasteiger partial charge in [0.1, 0.15) is 5.82 Å². The van der Waals surface area contributed by atoms with Crippen molar-refractivity contribution in [3.8, 4) is 0 Å². The summed E-state index contributed by atoms with van der Waals surface area (Å²) < 4.78 is 20.4. The van der Waals surface area contributed by atoms with Crippen LogP contribution in [0.4, 0.5) is 10.1 Å². The minimum atomic E-state index is -0.212. The van der Waals surface area contributed by atoms with E-state index in [4.69, 9.17) is 4.74 Å². The molecule has 2 atom stereocenters. The summed E-state index contributed by atoms with van der Waals surface area (Å²) in [4.78, 5) is 11.0. The summed E-state index contributed by atoms with van der Waals surface area (Å²) in [5, 5.41) is 3.40. The molecule has 7 heteroatoms. The number of ether oxygens (including phenoxy) is 1. The number of rotatable bonds is 5. The molecule has 2 aliphatic heterocycles. The monoisotopic (exact) mass is 425 g/mol. The van der Waals surface area contributed by atoms with E-state index in [0.717, 1.165) is 44.3 Å². The number of hydrogen-bond donors (Lipinski definition) is 1. The Kier molecular flexibility index (Phi) is 6.73. The molecule has 2 aromatic carbocycles. The first-order valence-corrected chi connectivity index (χ1v) is 10.9. The van der Waals surface area contributed by atoms with E-state index in [1.54, 1.807) is 18.0 Å². The highest BCUT2D eigenvalue weighted by atomic mass is 19.1. The number of nitrogens with zero attached hydrogens (tertiary/aromatic N) is 4. The van der Waals surface area contributed by atoms with Crippen molar-refractivity contribution in [3.05, 3.63) is 65.5 Å². The first-order chi connectivity index (χ1) is 15.0. The van der Waals surface area contributed by atoms with Crippen LogP contribution in [0.15, 0.2) is 53.5 Å². The van der Waals surface area contributed by atoms with Crippen molar-refractivity contribution >= 4 is 11.6 Å². The Hall–Kier alpha value is -2.64. The lowest BCUT2D eigenvalue weighted by molar-refractivity contribution is -0.0502. The third-order valence-electron chi connectivity index (χ3n) is 6.10. The van der Waals surface area contributed by atoms with Crippen molar-refractivity contribution in [3.63, 3.8) is 0 Å². The van der Waals surface area contributed by atoms with E-state index in [2.05, 4.69) is 50.4 Å². The van der Waals surface area contributed by atoms with E-state index in [0.29, 0.717) is 18.3 Å². The second-order valence-electron chi connectivity index (χ2n) is 8.42. The normalized spacial score (nSPS) is 21.8. The summed E-state index contributed by atoms with van der Waals surface area (Å²) in [5.41, 5.74) is 2.81. The molecule has 4 rings (SSSR count). The third kappa shape index (κ3) is 4.99. The molecule has 0 aliphatic carbocycles. The van der Waals surface area contributed by atoms with Gasteiger partial charge >= 0.3 is 0 Å². The number of hydrogen-bond acceptors (Lipinski definition) is 4. The molecule has 2 fully saturated rings. The number of anilines is 1. The molecule has 6 nitrogen and oxygen atoms in total. The van der Waals surface area contributed by atoms with E-state index in [1.165, 1.54) is 5.56 Å². The molecular formula is C24H32FN5O. The van der Waals surface area contributed by atoms with Crippen LogP contribution in [0, 0.1) is 5.82 Å². The van der Waals surface area contributed by atoms with Crippen LogP contribution >= 0.6 is 0 Å². The van der Waals surface area contributed by atoms with Gasteiger partial charge in [0.25, 0.3) is 0 Å². The maximum atomic E-state index is 14.3. The molecule has 0 amide bonds. The van der Waals surface area contributed by atoms with Crippen molar-refractivity contribution in [2.45, 2.75) is 25.2 Å². The fourth-order valence-electron chi connectivity index (χ4n) is 4.48. The van der Waals surface area contributed by atoms with E-state index >= 15 is 0 Å². The molecule has 166 valence electrons. The summed E-state index contributed by atoms with van der Waals surface area (Å²) >= 11 is 0. The fraction of sp³-hybridized carbons (Fsp3) is 0.458. The Labute approximate surface area is 184 Å². The molecular weight excluding hydrogens is 393 g/mol. The highest BCUT2D eigenvalue weighted by molar-refractivity contribution is 5.80. The summed E-state index contributed by atoms with van der Waals surface area (Å²) in [6.07, 6.45) is 0.174. The van der Waals surface area contributed by atoms with Gasteiger partial charge in [-0.15, -0.1) is 0 Å². The summed E-state index contributed by atoms with van der Waals surface area (Å²) in [7, 11) is 5.48. The number of morpholine rings is 1. The minimum absolute atomic E-state index is 0.174. The Morgan fingerprint density at radius 1 is 1.16 bits per heavy atom. The minimum Gasteiger partial charge on any atom is -0.375 e. The zero-order valence-electron chi connectivity index (χ0n) is 18.6. The van der Waals surface area contributed by atoms with Crippen molar-refractivity contribution in [2.24, 2.45) is 4.99 Å². The zero-order valence-corrected chi connectivity index (χ0v) is 18.6. The van der Waals surface area contributed by atoms with Gasteiger partial charge in [-0.05, 0) is 23.3 Å². The molecule has 0 spiro atoms. The lowest BCUT2D eigenvalue weighted by atomic mass is 10.1. The highest BCUT2D eigenvalue weighted by Gasteiger charge is 2.41. The van der Waals surface area contributed by atoms with Gasteiger partial charge in [0.15, 0.2) is 5.96 Å². The molecule has 2 unspecified atom stereocenters. The van der Waals surface area contributed by atoms with E-state index in [9.17, 15) is 4.39 Å². The van der Waals surface area contributed by atoms with E-state index < -0.39 is 0 Å². The van der Waals surface area contributed by atoms with Gasteiger partial charge in [0.2, 0.25) is 0 Å². The number of fused-ring (bicyclic) bond motifs is 1. The van der Waals surface area contributed by atoms with Crippen LogP contribution < -0.4 is 10.2 Å². The van der Waals surface area contributed by atoms with Crippen molar-refractivity contribution in [1.82, 2.24) is 15.1 Å². The highest BCUT2D eigenvalue weighted by Crippen LogP contribution is 2.25. The predicted molar refractivity (Wildman–Crippen MR) is 123 cm³/mol. The van der Waals surface area contributed by atoms with Crippen LogP contribution in [0.1, 0.15) is 11.1 Å². The number of halogens is 1. The van der Waals surface area contributed by atoms with Gasteiger partial charge in [-0.25, -0.2) is 4.39 Å². The van der Waals surface area contributed by atoms with Gasteiger partial charge in [0, 0.05) is 53.9 Å². The SMILES string of the molecule is CN=C(NCc1ccc(N(C)C)c(F)c1)N1CC2OCCN(Cc3ccccc3)C2C1. The molecule has 2 saturated heterocycles. The topological polar surface area (TPSA) is 43.3 Å². The second-order valence-corrected chi connectivity index (χ2v) is 8.42. The number of aliphatic imine (C=N–C) groups is 1. The van der Waals surface area contributed by atoms with Crippen LogP contribution in [0.3, 0.4) is 0 Å². The maximum absolute atomic E-state index is 14.3. The standard InChI is InChI=1S/C24H32FN5O/c1-26-24(27-14-19-9-10-21(28(2)3)20(25)13-19)30-16-22-23(17-30)31-12-11-29(22)15-18-7-5-4-6-8-18/h4-10,13,22-23H,11-12,14-17H2,1-3H3,(H,26,27). The van der Waals surface area contributed by atoms with Crippen LogP contribution in [0.2, 0.25) is 0 Å². The molecule has 2 aliphatic rings. The Bertz CT molecular complexity index is 904. The smallest absolute Gasteiger partial charge is 0.194 e. The van der Waals surface area contributed by atoms with Crippen LogP contribution in [0.5, 0.6) is 0 Å². The number of nitrogens with one attached hydrogen (secondary N) is 1. The number of likely N-dealkylation sites (tertiary alicyclic amines) is 1. The predicted octanol–water partition coefficient (Wildman–Crippen LogP) is 2.55. The quantitative estimate of drug-likeness (QED) is 0.589. The van der Waals surface area contributed by atoms with Gasteiger partial charge in [-0.2, -0.15) is 0 Å². The average molecular weight is 426 g/mol. The second kappa shape index (κ2) is 9.66. The molecule has 31 heavy (non-hydrogen) atoms. The lowest BCUT2D eigenvalue weighted by Crippen LogP contribution is -2.50. The van der Waals surface area contributed by atoms with Crippen LogP contribution in [-0.4, -0.2) is 75.3 Å². The van der Waals surface area contributed by atoms with E-state index in [-0.39, 0.29) is 11.9 Å². The molecule has 0 radical (unpaired) electrons. The maximum Gasteiger partial charge on any atom is 0.194 e. The average Bonchev–Trinajstić information content (AvgIpc) is 3.20. The molecule has 2 heterocycles. The summed E-state index contributed by atoms with van der Waals surface area (Å²) in [6, 6.07) is 16.3. The van der Waals surface area contributed by atoms with Gasteiger partial charge in [0.05, 0.1) is 24.4 Å². The third-order valence-corrected chi connectivity index (χ3v) is 6.10. The largest absolute Gasteiger partial charge is 0.375 e. The lowest BCUT2D eigenvalue weighted by Gasteiger charge is -2.36. The number of benzene rings is 2. The first-order valence-electron chi connectivity index (χ1n) is 10.9. The molecule has 0 bridgehead atoms. The summed E-state index contributed by atoms with van der Waals surface area (Å²) in [5.74, 6) is 0.617. The Morgan fingerprint density at radius 2 is 1.97 bits per heavy atom. The molecule has 2 aromatic rings. The fourth-order valence-corrected chi connectivity index (χ4v) is 4.48. The van der Waals surface area contributed by atoms with Crippen molar-refractivity contribution in [2.75, 3.05) is 52.3 Å². The Balaban J connectivity index is 1.38. The van der Waals surface area contributed by atoms with Crippen molar-refractivity contribution in [1.29, 1.82) is 0 Å². The van der Waals surface area contributed by atoms with Gasteiger partial charge < -0.3 is 19.9 Å². The van der Waals surface area contributed by atoms with Crippen LogP contribution in [0.25, 0.3) is 0 Å². The molecule has 1 N–H and O–H groups in total. The van der Waals surface area contributed by atoms with E-state index in [1.807, 2.05) is 26.2 Å². The molecule has 0 saturated carbocycles.